The summed E-state index contributed by atoms with van der Waals surface area (Å²) < 4.78 is 5.63. The van der Waals surface area contributed by atoms with Crippen molar-refractivity contribution in [2.75, 3.05) is 26.2 Å². The Kier molecular flexibility index (Phi) is 6.52. The molecule has 1 aromatic rings. The molecule has 21 heavy (non-hydrogen) atoms. The quantitative estimate of drug-likeness (QED) is 0.834. The monoisotopic (exact) mass is 290 g/mol. The minimum absolute atomic E-state index is 0.704. The zero-order chi connectivity index (χ0) is 15.1. The first-order valence-corrected chi connectivity index (χ1v) is 8.35. The second-order valence-corrected chi connectivity index (χ2v) is 6.38. The summed E-state index contributed by atoms with van der Waals surface area (Å²) in [4.78, 5) is 2.66. The zero-order valence-corrected chi connectivity index (χ0v) is 13.8. The van der Waals surface area contributed by atoms with Crippen LogP contribution >= 0.6 is 0 Å². The first-order chi connectivity index (χ1) is 10.2. The maximum absolute atomic E-state index is 5.63. The highest BCUT2D eigenvalue weighted by Crippen LogP contribution is 2.20. The van der Waals surface area contributed by atoms with Crippen LogP contribution in [0.4, 0.5) is 0 Å². The minimum atomic E-state index is 0.704. The minimum Gasteiger partial charge on any atom is -0.494 e. The summed E-state index contributed by atoms with van der Waals surface area (Å²) in [5.74, 6) is 1.69. The maximum Gasteiger partial charge on any atom is 0.119 e. The topological polar surface area (TPSA) is 24.5 Å². The molecule has 0 aliphatic carbocycles. The molecule has 0 amide bonds. The Bertz CT molecular complexity index is 413. The molecule has 118 valence electrons. The van der Waals surface area contributed by atoms with Crippen LogP contribution in [-0.4, -0.2) is 37.2 Å². The van der Waals surface area contributed by atoms with Gasteiger partial charge in [-0.25, -0.2) is 0 Å². The van der Waals surface area contributed by atoms with Gasteiger partial charge in [-0.3, -0.25) is 4.90 Å². The van der Waals surface area contributed by atoms with Crippen molar-refractivity contribution in [3.63, 3.8) is 0 Å². The number of nitrogens with one attached hydrogen (secondary N) is 1. The van der Waals surface area contributed by atoms with Gasteiger partial charge in [-0.2, -0.15) is 0 Å². The van der Waals surface area contributed by atoms with Crippen molar-refractivity contribution >= 4 is 0 Å². The molecule has 0 radical (unpaired) electrons. The van der Waals surface area contributed by atoms with Gasteiger partial charge < -0.3 is 10.1 Å². The predicted molar refractivity (Wildman–Crippen MR) is 88.8 cm³/mol. The van der Waals surface area contributed by atoms with Gasteiger partial charge in [-0.15, -0.1) is 0 Å². The van der Waals surface area contributed by atoms with Crippen molar-refractivity contribution in [3.8, 4) is 5.75 Å². The molecule has 0 aromatic heterocycles. The lowest BCUT2D eigenvalue weighted by molar-refractivity contribution is 0.137. The number of nitrogens with zero attached hydrogens (tertiary/aromatic N) is 1. The SMILES string of the molecule is CCOc1cccc(CN(CC(C)C)C2CCNCC2)c1. The van der Waals surface area contributed by atoms with Crippen LogP contribution in [0.1, 0.15) is 39.2 Å². The van der Waals surface area contributed by atoms with Crippen LogP contribution in [0.2, 0.25) is 0 Å². The molecule has 1 heterocycles. The Balaban J connectivity index is 2.04. The molecule has 3 heteroatoms. The van der Waals surface area contributed by atoms with Gasteiger partial charge in [0, 0.05) is 19.1 Å². The maximum atomic E-state index is 5.63. The van der Waals surface area contributed by atoms with Crippen LogP contribution in [0, 0.1) is 5.92 Å². The van der Waals surface area contributed by atoms with E-state index in [0.717, 1.165) is 32.0 Å². The van der Waals surface area contributed by atoms with Crippen molar-refractivity contribution in [1.29, 1.82) is 0 Å². The van der Waals surface area contributed by atoms with Crippen molar-refractivity contribution in [1.82, 2.24) is 10.2 Å². The van der Waals surface area contributed by atoms with E-state index < -0.39 is 0 Å². The summed E-state index contributed by atoms with van der Waals surface area (Å²) in [5, 5.41) is 3.47. The van der Waals surface area contributed by atoms with E-state index in [-0.39, 0.29) is 0 Å². The van der Waals surface area contributed by atoms with Crippen molar-refractivity contribution < 1.29 is 4.74 Å². The summed E-state index contributed by atoms with van der Waals surface area (Å²) in [6.07, 6.45) is 2.52. The molecule has 0 bridgehead atoms. The average Bonchev–Trinajstić information content (AvgIpc) is 2.48. The molecule has 0 spiro atoms. The molecule has 1 aliphatic heterocycles. The van der Waals surface area contributed by atoms with Gasteiger partial charge in [-0.05, 0) is 56.5 Å². The molecule has 0 atom stereocenters. The molecule has 2 rings (SSSR count). The molecule has 1 aromatic carbocycles. The summed E-state index contributed by atoms with van der Waals surface area (Å²) in [7, 11) is 0. The molecule has 1 aliphatic rings. The van der Waals surface area contributed by atoms with Gasteiger partial charge in [0.25, 0.3) is 0 Å². The van der Waals surface area contributed by atoms with E-state index in [0.29, 0.717) is 12.0 Å². The third-order valence-corrected chi connectivity index (χ3v) is 4.02. The highest BCUT2D eigenvalue weighted by molar-refractivity contribution is 5.28. The van der Waals surface area contributed by atoms with Crippen molar-refractivity contribution in [2.24, 2.45) is 5.92 Å². The molecule has 1 fully saturated rings. The number of hydrogen-bond donors (Lipinski definition) is 1. The number of hydrogen-bond acceptors (Lipinski definition) is 3. The standard InChI is InChI=1S/C18H30N2O/c1-4-21-18-7-5-6-16(12-18)14-20(13-15(2)3)17-8-10-19-11-9-17/h5-7,12,15,17,19H,4,8-11,13-14H2,1-3H3. The Morgan fingerprint density at radius 3 is 2.71 bits per heavy atom. The lowest BCUT2D eigenvalue weighted by Crippen LogP contribution is -2.44. The van der Waals surface area contributed by atoms with Crippen molar-refractivity contribution in [2.45, 2.75) is 46.2 Å². The van der Waals surface area contributed by atoms with Gasteiger partial charge in [0.15, 0.2) is 0 Å². The Morgan fingerprint density at radius 1 is 1.29 bits per heavy atom. The third-order valence-electron chi connectivity index (χ3n) is 4.02. The van der Waals surface area contributed by atoms with E-state index in [4.69, 9.17) is 4.74 Å². The first-order valence-electron chi connectivity index (χ1n) is 8.35. The number of piperidine rings is 1. The zero-order valence-electron chi connectivity index (χ0n) is 13.8. The van der Waals surface area contributed by atoms with E-state index in [1.165, 1.54) is 24.9 Å². The summed E-state index contributed by atoms with van der Waals surface area (Å²) >= 11 is 0. The molecule has 0 unspecified atom stereocenters. The molecule has 0 saturated carbocycles. The van der Waals surface area contributed by atoms with E-state index in [9.17, 15) is 0 Å². The van der Waals surface area contributed by atoms with Gasteiger partial charge in [0.1, 0.15) is 5.75 Å². The van der Waals surface area contributed by atoms with Crippen molar-refractivity contribution in [3.05, 3.63) is 29.8 Å². The fourth-order valence-electron chi connectivity index (χ4n) is 3.12. The second kappa shape index (κ2) is 8.40. The van der Waals surface area contributed by atoms with Crippen LogP contribution in [-0.2, 0) is 6.54 Å². The summed E-state index contributed by atoms with van der Waals surface area (Å²) in [6, 6.07) is 9.28. The first kappa shape index (κ1) is 16.3. The highest BCUT2D eigenvalue weighted by atomic mass is 16.5. The summed E-state index contributed by atoms with van der Waals surface area (Å²) in [5.41, 5.74) is 1.36. The summed E-state index contributed by atoms with van der Waals surface area (Å²) in [6.45, 7) is 11.9. The fourth-order valence-corrected chi connectivity index (χ4v) is 3.12. The average molecular weight is 290 g/mol. The van der Waals surface area contributed by atoms with Gasteiger partial charge in [0.05, 0.1) is 6.61 Å². The van der Waals surface area contributed by atoms with Gasteiger partial charge in [-0.1, -0.05) is 26.0 Å². The smallest absolute Gasteiger partial charge is 0.119 e. The van der Waals surface area contributed by atoms with Crippen LogP contribution in [0.25, 0.3) is 0 Å². The Labute approximate surface area is 129 Å². The van der Waals surface area contributed by atoms with E-state index in [1.807, 2.05) is 13.0 Å². The molecular formula is C18H30N2O. The fraction of sp³-hybridized carbons (Fsp3) is 0.667. The van der Waals surface area contributed by atoms with E-state index >= 15 is 0 Å². The number of ether oxygens (including phenoxy) is 1. The second-order valence-electron chi connectivity index (χ2n) is 6.38. The van der Waals surface area contributed by atoms with Crippen LogP contribution in [0.5, 0.6) is 5.75 Å². The largest absolute Gasteiger partial charge is 0.494 e. The lowest BCUT2D eigenvalue weighted by atomic mass is 10.0. The lowest BCUT2D eigenvalue weighted by Gasteiger charge is -2.36. The van der Waals surface area contributed by atoms with E-state index in [2.05, 4.69) is 42.3 Å². The van der Waals surface area contributed by atoms with Gasteiger partial charge >= 0.3 is 0 Å². The molecule has 1 N–H and O–H groups in total. The molecule has 1 saturated heterocycles. The highest BCUT2D eigenvalue weighted by Gasteiger charge is 2.21. The van der Waals surface area contributed by atoms with Gasteiger partial charge in [0.2, 0.25) is 0 Å². The molecular weight excluding hydrogens is 260 g/mol. The Morgan fingerprint density at radius 2 is 2.05 bits per heavy atom. The van der Waals surface area contributed by atoms with Crippen LogP contribution in [0.15, 0.2) is 24.3 Å². The van der Waals surface area contributed by atoms with Crippen LogP contribution in [0.3, 0.4) is 0 Å². The molecule has 3 nitrogen and oxygen atoms in total. The Hall–Kier alpha value is -1.06. The predicted octanol–water partition coefficient (Wildman–Crippen LogP) is 3.30. The normalized spacial score (nSPS) is 16.6. The number of rotatable bonds is 7. The number of benzene rings is 1. The van der Waals surface area contributed by atoms with Crippen LogP contribution < -0.4 is 10.1 Å². The third kappa shape index (κ3) is 5.33. The van der Waals surface area contributed by atoms with E-state index in [1.54, 1.807) is 0 Å².